The first kappa shape index (κ1) is 27.2. The average molecular weight is 573 g/mol. The lowest BCUT2D eigenvalue weighted by molar-refractivity contribution is -0.0510. The number of H-pyrrole nitrogens is 1. The molecule has 0 atom stereocenters. The molecule has 3 aliphatic carbocycles. The molecule has 1 saturated heterocycles. The van der Waals surface area contributed by atoms with Gasteiger partial charge in [-0.1, -0.05) is 0 Å². The summed E-state index contributed by atoms with van der Waals surface area (Å²) in [5.41, 5.74) is 0.171. The molecule has 6 rings (SSSR count). The average Bonchev–Trinajstić information content (AvgIpc) is 3.46. The number of aromatic nitrogens is 3. The smallest absolute Gasteiger partial charge is 0.282 e. The normalized spacial score (nSPS) is 26.0. The molecule has 216 valence electrons. The van der Waals surface area contributed by atoms with Crippen LogP contribution in [0.4, 0.5) is 23.4 Å². The molecule has 1 aliphatic heterocycles. The summed E-state index contributed by atoms with van der Waals surface area (Å²) in [6.45, 7) is 1.56. The van der Waals surface area contributed by atoms with Gasteiger partial charge in [0.25, 0.3) is 10.2 Å². The minimum absolute atomic E-state index is 0.163. The highest BCUT2D eigenvalue weighted by molar-refractivity contribution is 7.86. The quantitative estimate of drug-likeness (QED) is 0.482. The number of nitrogens with one attached hydrogen (secondary N) is 1. The lowest BCUT2D eigenvalue weighted by Crippen LogP contribution is -2.61. The van der Waals surface area contributed by atoms with Crippen molar-refractivity contribution in [1.82, 2.24) is 23.6 Å². The van der Waals surface area contributed by atoms with Crippen molar-refractivity contribution in [2.75, 3.05) is 37.6 Å². The van der Waals surface area contributed by atoms with E-state index < -0.39 is 27.6 Å². The number of aromatic amines is 1. The van der Waals surface area contributed by atoms with E-state index in [1.165, 1.54) is 10.6 Å². The Balaban J connectivity index is 1.22. The molecule has 1 spiro atoms. The highest BCUT2D eigenvalue weighted by Crippen LogP contribution is 2.48. The van der Waals surface area contributed by atoms with Crippen LogP contribution in [-0.2, 0) is 10.2 Å². The zero-order chi connectivity index (χ0) is 27.5. The first-order valence-corrected chi connectivity index (χ1v) is 15.4. The van der Waals surface area contributed by atoms with Crippen LogP contribution < -0.4 is 4.90 Å². The Hall–Kier alpha value is -1.99. The van der Waals surface area contributed by atoms with Crippen LogP contribution in [0.1, 0.15) is 64.2 Å². The van der Waals surface area contributed by atoms with Gasteiger partial charge in [0.05, 0.1) is 10.9 Å². The van der Waals surface area contributed by atoms with E-state index in [4.69, 9.17) is 0 Å². The van der Waals surface area contributed by atoms with Gasteiger partial charge in [-0.2, -0.15) is 17.0 Å². The van der Waals surface area contributed by atoms with Crippen LogP contribution in [0.2, 0.25) is 0 Å². The van der Waals surface area contributed by atoms with E-state index >= 15 is 0 Å². The van der Waals surface area contributed by atoms with E-state index in [2.05, 4.69) is 19.9 Å². The summed E-state index contributed by atoms with van der Waals surface area (Å²) in [7, 11) is -3.94. The number of anilines is 1. The summed E-state index contributed by atoms with van der Waals surface area (Å²) in [4.78, 5) is 14.0. The summed E-state index contributed by atoms with van der Waals surface area (Å²) in [6.07, 6.45) is 4.85. The molecule has 39 heavy (non-hydrogen) atoms. The van der Waals surface area contributed by atoms with E-state index in [-0.39, 0.29) is 82.8 Å². The number of alkyl halides is 4. The standard InChI is InChI=1S/C26H36F4N6O2S/c27-25(28)6-1-19(2-7-25)15-35(16-20-3-8-26(29,30)9-4-20)39(37,38)36-14-13-34(17-24(36)10-11-24)23-21-5-12-31-22(21)32-18-33-23/h5,12,18-20H,1-4,6-11,13-17H2,(H,31,32,33). The van der Waals surface area contributed by atoms with Gasteiger partial charge < -0.3 is 9.88 Å². The van der Waals surface area contributed by atoms with E-state index in [9.17, 15) is 26.0 Å². The van der Waals surface area contributed by atoms with Gasteiger partial charge in [0.1, 0.15) is 17.8 Å². The van der Waals surface area contributed by atoms with Crippen LogP contribution >= 0.6 is 0 Å². The molecule has 3 saturated carbocycles. The molecule has 2 aromatic rings. The number of fused-ring (bicyclic) bond motifs is 1. The van der Waals surface area contributed by atoms with Gasteiger partial charge in [-0.05, 0) is 56.4 Å². The predicted molar refractivity (Wildman–Crippen MR) is 139 cm³/mol. The predicted octanol–water partition coefficient (Wildman–Crippen LogP) is 4.81. The van der Waals surface area contributed by atoms with Crippen molar-refractivity contribution in [2.45, 2.75) is 81.6 Å². The van der Waals surface area contributed by atoms with Crippen LogP contribution in [0.3, 0.4) is 0 Å². The zero-order valence-corrected chi connectivity index (χ0v) is 22.8. The fraction of sp³-hybridized carbons (Fsp3) is 0.769. The fourth-order valence-corrected chi connectivity index (χ4v) is 8.83. The Labute approximate surface area is 226 Å². The van der Waals surface area contributed by atoms with Crippen LogP contribution in [0, 0.1) is 11.8 Å². The minimum Gasteiger partial charge on any atom is -0.353 e. The van der Waals surface area contributed by atoms with E-state index in [0.29, 0.717) is 13.1 Å². The van der Waals surface area contributed by atoms with Crippen molar-refractivity contribution >= 4 is 27.1 Å². The van der Waals surface area contributed by atoms with Gasteiger partial charge >= 0.3 is 0 Å². The third kappa shape index (κ3) is 5.50. The third-order valence-electron chi connectivity index (χ3n) is 9.25. The van der Waals surface area contributed by atoms with Crippen molar-refractivity contribution in [3.8, 4) is 0 Å². The summed E-state index contributed by atoms with van der Waals surface area (Å²) in [5, 5.41) is 0.884. The number of hydrogen-bond donors (Lipinski definition) is 1. The largest absolute Gasteiger partial charge is 0.353 e. The lowest BCUT2D eigenvalue weighted by atomic mass is 9.85. The van der Waals surface area contributed by atoms with Crippen LogP contribution in [-0.4, -0.2) is 82.1 Å². The maximum Gasteiger partial charge on any atom is 0.282 e. The Bertz CT molecular complexity index is 1250. The van der Waals surface area contributed by atoms with Crippen LogP contribution in [0.25, 0.3) is 11.0 Å². The van der Waals surface area contributed by atoms with Crippen LogP contribution in [0.5, 0.6) is 0 Å². The molecule has 8 nitrogen and oxygen atoms in total. The second kappa shape index (κ2) is 9.83. The molecule has 0 bridgehead atoms. The number of rotatable bonds is 7. The number of piperazine rings is 1. The number of halogens is 4. The Morgan fingerprint density at radius 3 is 2.05 bits per heavy atom. The zero-order valence-electron chi connectivity index (χ0n) is 22.0. The molecule has 0 amide bonds. The third-order valence-corrected chi connectivity index (χ3v) is 11.3. The van der Waals surface area contributed by atoms with Crippen molar-refractivity contribution in [1.29, 1.82) is 0 Å². The maximum atomic E-state index is 14.3. The molecule has 0 radical (unpaired) electrons. The molecule has 13 heteroatoms. The Morgan fingerprint density at radius 1 is 0.897 bits per heavy atom. The molecular weight excluding hydrogens is 536 g/mol. The second-order valence-corrected chi connectivity index (χ2v) is 13.9. The SMILES string of the molecule is O=S(=O)(N(CC1CCC(F)(F)CC1)CC1CCC(F)(F)CC1)N1CCN(c2ncnc3[nH]ccc23)CC12CC2. The first-order valence-electron chi connectivity index (χ1n) is 14.0. The Morgan fingerprint density at radius 2 is 1.49 bits per heavy atom. The number of nitrogens with zero attached hydrogens (tertiary/aromatic N) is 5. The molecule has 4 fully saturated rings. The molecule has 2 aromatic heterocycles. The lowest BCUT2D eigenvalue weighted by Gasteiger charge is -2.45. The van der Waals surface area contributed by atoms with Crippen LogP contribution in [0.15, 0.2) is 18.6 Å². The summed E-state index contributed by atoms with van der Waals surface area (Å²) < 4.78 is 86.9. The Kier molecular flexibility index (Phi) is 6.85. The highest BCUT2D eigenvalue weighted by atomic mass is 32.2. The summed E-state index contributed by atoms with van der Waals surface area (Å²) in [5.74, 6) is -4.95. The van der Waals surface area contributed by atoms with E-state index in [1.807, 2.05) is 6.07 Å². The summed E-state index contributed by atoms with van der Waals surface area (Å²) in [6, 6.07) is 1.91. The van der Waals surface area contributed by atoms with Gasteiger partial charge in [0.15, 0.2) is 0 Å². The molecule has 3 heterocycles. The number of hydrogen-bond acceptors (Lipinski definition) is 5. The fourth-order valence-electron chi connectivity index (χ4n) is 6.71. The summed E-state index contributed by atoms with van der Waals surface area (Å²) >= 11 is 0. The van der Waals surface area contributed by atoms with Crippen molar-refractivity contribution in [3.63, 3.8) is 0 Å². The van der Waals surface area contributed by atoms with Gasteiger partial charge in [0.2, 0.25) is 11.8 Å². The van der Waals surface area contributed by atoms with Gasteiger partial charge in [0, 0.05) is 64.6 Å². The van der Waals surface area contributed by atoms with Crippen molar-refractivity contribution in [2.24, 2.45) is 11.8 Å². The molecule has 0 unspecified atom stereocenters. The highest BCUT2D eigenvalue weighted by Gasteiger charge is 2.57. The van der Waals surface area contributed by atoms with Gasteiger partial charge in [-0.25, -0.2) is 27.5 Å². The minimum atomic E-state index is -3.94. The topological polar surface area (TPSA) is 85.4 Å². The van der Waals surface area contributed by atoms with E-state index in [0.717, 1.165) is 29.7 Å². The molecule has 4 aliphatic rings. The second-order valence-electron chi connectivity index (χ2n) is 12.1. The maximum absolute atomic E-state index is 14.3. The van der Waals surface area contributed by atoms with Gasteiger partial charge in [-0.15, -0.1) is 0 Å². The van der Waals surface area contributed by atoms with Gasteiger partial charge in [-0.3, -0.25) is 0 Å². The molecule has 0 aromatic carbocycles. The van der Waals surface area contributed by atoms with E-state index in [1.54, 1.807) is 10.5 Å². The first-order chi connectivity index (χ1) is 18.5. The molecule has 1 N–H and O–H groups in total. The molecular formula is C26H36F4N6O2S. The van der Waals surface area contributed by atoms with Crippen molar-refractivity contribution in [3.05, 3.63) is 18.6 Å². The monoisotopic (exact) mass is 572 g/mol. The van der Waals surface area contributed by atoms with Crippen molar-refractivity contribution < 1.29 is 26.0 Å².